The molecule has 0 aromatic carbocycles. The molecule has 0 bridgehead atoms. The zero-order chi connectivity index (χ0) is 6.69. The summed E-state index contributed by atoms with van der Waals surface area (Å²) in [6.07, 6.45) is 6.52. The van der Waals surface area contributed by atoms with E-state index in [9.17, 15) is 0 Å². The Morgan fingerprint density at radius 3 is 2.44 bits per heavy atom. The van der Waals surface area contributed by atoms with Crippen molar-refractivity contribution in [1.82, 2.24) is 0 Å². The lowest BCUT2D eigenvalue weighted by Crippen LogP contribution is -2.18. The van der Waals surface area contributed by atoms with Crippen LogP contribution >= 0.6 is 12.6 Å². The van der Waals surface area contributed by atoms with Gasteiger partial charge in [-0.05, 0) is 25.2 Å². The average Bonchev–Trinajstić information content (AvgIpc) is 1.89. The van der Waals surface area contributed by atoms with Crippen LogP contribution in [0.2, 0.25) is 0 Å². The maximum atomic E-state index is 4.50. The van der Waals surface area contributed by atoms with Crippen molar-refractivity contribution in [1.29, 1.82) is 0 Å². The van der Waals surface area contributed by atoms with Gasteiger partial charge in [0.25, 0.3) is 0 Å². The average molecular weight is 143 g/mol. The molecule has 0 nitrogen and oxygen atoms in total. The van der Waals surface area contributed by atoms with Gasteiger partial charge in [0.15, 0.2) is 0 Å². The number of hydrogen-bond acceptors (Lipinski definition) is 1. The Kier molecular flexibility index (Phi) is 2.90. The van der Waals surface area contributed by atoms with Crippen LogP contribution in [0.1, 0.15) is 32.1 Å². The van der Waals surface area contributed by atoms with Crippen LogP contribution < -0.4 is 0 Å². The van der Waals surface area contributed by atoms with Crippen LogP contribution in [0, 0.1) is 12.8 Å². The first-order chi connectivity index (χ1) is 4.34. The number of thiol groups is 1. The number of rotatable bonds is 1. The first kappa shape index (κ1) is 7.46. The largest absolute Gasteiger partial charge is 0.176 e. The molecule has 9 heavy (non-hydrogen) atoms. The Morgan fingerprint density at radius 1 is 1.33 bits per heavy atom. The van der Waals surface area contributed by atoms with Gasteiger partial charge in [-0.1, -0.05) is 19.8 Å². The van der Waals surface area contributed by atoms with Crippen molar-refractivity contribution in [2.24, 2.45) is 5.92 Å². The molecule has 0 saturated heterocycles. The summed E-state index contributed by atoms with van der Waals surface area (Å²) >= 11 is 4.50. The van der Waals surface area contributed by atoms with Gasteiger partial charge in [0.1, 0.15) is 0 Å². The van der Waals surface area contributed by atoms with Gasteiger partial charge in [-0.2, -0.15) is 12.6 Å². The van der Waals surface area contributed by atoms with Gasteiger partial charge in [-0.3, -0.25) is 0 Å². The van der Waals surface area contributed by atoms with Gasteiger partial charge < -0.3 is 0 Å². The molecular formula is C8H15S. The smallest absolute Gasteiger partial charge is 0.00450 e. The predicted molar refractivity (Wildman–Crippen MR) is 44.7 cm³/mol. The minimum absolute atomic E-state index is 0.649. The van der Waals surface area contributed by atoms with Crippen molar-refractivity contribution in [2.75, 3.05) is 0 Å². The molecule has 0 heterocycles. The van der Waals surface area contributed by atoms with E-state index in [1.165, 1.54) is 25.7 Å². The minimum atomic E-state index is 0.649. The third kappa shape index (κ3) is 1.89. The SMILES string of the molecule is [CH2]CC1CCCCC1S. The highest BCUT2D eigenvalue weighted by Crippen LogP contribution is 2.29. The normalized spacial score (nSPS) is 36.7. The minimum Gasteiger partial charge on any atom is -0.176 e. The van der Waals surface area contributed by atoms with Crippen molar-refractivity contribution in [3.05, 3.63) is 6.92 Å². The lowest BCUT2D eigenvalue weighted by Gasteiger charge is -2.26. The Bertz CT molecular complexity index is 80.6. The second kappa shape index (κ2) is 3.50. The van der Waals surface area contributed by atoms with E-state index in [1.54, 1.807) is 0 Å². The molecule has 1 aliphatic carbocycles. The van der Waals surface area contributed by atoms with Crippen molar-refractivity contribution >= 4 is 12.6 Å². The van der Waals surface area contributed by atoms with Crippen molar-refractivity contribution in [3.8, 4) is 0 Å². The van der Waals surface area contributed by atoms with E-state index in [0.29, 0.717) is 5.25 Å². The molecule has 2 unspecified atom stereocenters. The fourth-order valence-electron chi connectivity index (χ4n) is 1.52. The van der Waals surface area contributed by atoms with Crippen molar-refractivity contribution in [3.63, 3.8) is 0 Å². The molecule has 1 saturated carbocycles. The molecule has 0 aromatic heterocycles. The molecular weight excluding hydrogens is 128 g/mol. The fourth-order valence-corrected chi connectivity index (χ4v) is 2.01. The topological polar surface area (TPSA) is 0 Å². The monoisotopic (exact) mass is 143 g/mol. The summed E-state index contributed by atoms with van der Waals surface area (Å²) < 4.78 is 0. The summed E-state index contributed by atoms with van der Waals surface area (Å²) in [4.78, 5) is 0. The Balaban J connectivity index is 2.30. The Labute approximate surface area is 63.4 Å². The molecule has 1 heteroatoms. The van der Waals surface area contributed by atoms with E-state index in [2.05, 4.69) is 19.6 Å². The molecule has 1 rings (SSSR count). The van der Waals surface area contributed by atoms with Gasteiger partial charge in [-0.15, -0.1) is 0 Å². The third-order valence-electron chi connectivity index (χ3n) is 2.24. The zero-order valence-electron chi connectivity index (χ0n) is 5.84. The highest BCUT2D eigenvalue weighted by molar-refractivity contribution is 7.81. The van der Waals surface area contributed by atoms with Crippen LogP contribution in [-0.4, -0.2) is 5.25 Å². The molecule has 0 aliphatic heterocycles. The highest BCUT2D eigenvalue weighted by Gasteiger charge is 2.19. The summed E-state index contributed by atoms with van der Waals surface area (Å²) in [6.45, 7) is 3.91. The van der Waals surface area contributed by atoms with Crippen molar-refractivity contribution in [2.45, 2.75) is 37.4 Å². The molecule has 0 aromatic rings. The molecule has 0 amide bonds. The molecule has 2 atom stereocenters. The fraction of sp³-hybridized carbons (Fsp3) is 0.875. The second-order valence-corrected chi connectivity index (χ2v) is 3.56. The summed E-state index contributed by atoms with van der Waals surface area (Å²) in [5.74, 6) is 0.807. The highest BCUT2D eigenvalue weighted by atomic mass is 32.1. The van der Waals surface area contributed by atoms with E-state index in [4.69, 9.17) is 0 Å². The van der Waals surface area contributed by atoms with Crippen LogP contribution in [0.25, 0.3) is 0 Å². The standard InChI is InChI=1S/C8H15S/c1-2-7-5-3-4-6-8(7)9/h7-9H,1-6H2. The zero-order valence-corrected chi connectivity index (χ0v) is 6.74. The van der Waals surface area contributed by atoms with E-state index in [0.717, 1.165) is 12.3 Å². The molecule has 1 radical (unpaired) electrons. The third-order valence-corrected chi connectivity index (χ3v) is 2.92. The van der Waals surface area contributed by atoms with E-state index < -0.39 is 0 Å². The van der Waals surface area contributed by atoms with Crippen LogP contribution in [0.15, 0.2) is 0 Å². The van der Waals surface area contributed by atoms with Crippen LogP contribution in [0.3, 0.4) is 0 Å². The first-order valence-electron chi connectivity index (χ1n) is 3.82. The molecule has 0 N–H and O–H groups in total. The van der Waals surface area contributed by atoms with Gasteiger partial charge in [0, 0.05) is 5.25 Å². The van der Waals surface area contributed by atoms with Gasteiger partial charge in [-0.25, -0.2) is 0 Å². The maximum Gasteiger partial charge on any atom is 0.00450 e. The summed E-state index contributed by atoms with van der Waals surface area (Å²) in [7, 11) is 0. The van der Waals surface area contributed by atoms with Crippen molar-refractivity contribution < 1.29 is 0 Å². The lowest BCUT2D eigenvalue weighted by atomic mass is 9.87. The quantitative estimate of drug-likeness (QED) is 0.536. The molecule has 1 aliphatic rings. The Morgan fingerprint density at radius 2 is 2.00 bits per heavy atom. The van der Waals surface area contributed by atoms with Gasteiger partial charge in [0.2, 0.25) is 0 Å². The van der Waals surface area contributed by atoms with Crippen LogP contribution in [0.5, 0.6) is 0 Å². The molecule has 53 valence electrons. The van der Waals surface area contributed by atoms with E-state index in [1.807, 2.05) is 0 Å². The van der Waals surface area contributed by atoms with E-state index >= 15 is 0 Å². The molecule has 0 spiro atoms. The summed E-state index contributed by atoms with van der Waals surface area (Å²) in [5.41, 5.74) is 0. The van der Waals surface area contributed by atoms with Gasteiger partial charge >= 0.3 is 0 Å². The molecule has 1 fully saturated rings. The Hall–Kier alpha value is 0.350. The second-order valence-electron chi connectivity index (χ2n) is 2.90. The van der Waals surface area contributed by atoms with E-state index in [-0.39, 0.29) is 0 Å². The van der Waals surface area contributed by atoms with Crippen LogP contribution in [-0.2, 0) is 0 Å². The lowest BCUT2D eigenvalue weighted by molar-refractivity contribution is 0.374. The van der Waals surface area contributed by atoms with Gasteiger partial charge in [0.05, 0.1) is 0 Å². The van der Waals surface area contributed by atoms with Crippen LogP contribution in [0.4, 0.5) is 0 Å². The number of hydrogen-bond donors (Lipinski definition) is 1. The first-order valence-corrected chi connectivity index (χ1v) is 4.33. The summed E-state index contributed by atoms with van der Waals surface area (Å²) in [5, 5.41) is 0.649. The predicted octanol–water partition coefficient (Wildman–Crippen LogP) is 2.70. The maximum absolute atomic E-state index is 4.50. The summed E-state index contributed by atoms with van der Waals surface area (Å²) in [6, 6.07) is 0.